The van der Waals surface area contributed by atoms with E-state index in [9.17, 15) is 4.39 Å². The summed E-state index contributed by atoms with van der Waals surface area (Å²) in [6.45, 7) is 4.05. The van der Waals surface area contributed by atoms with Gasteiger partial charge in [0.2, 0.25) is 0 Å². The number of methoxy groups -OCH3 is 1. The molecule has 0 amide bonds. The number of benzene rings is 1. The quantitative estimate of drug-likeness (QED) is 0.922. The van der Waals surface area contributed by atoms with Crippen LogP contribution < -0.4 is 10.1 Å². The second-order valence-corrected chi connectivity index (χ2v) is 5.70. The summed E-state index contributed by atoms with van der Waals surface area (Å²) < 4.78 is 20.2. The molecule has 1 saturated heterocycles. The van der Waals surface area contributed by atoms with Crippen molar-refractivity contribution in [2.24, 2.45) is 5.92 Å². The van der Waals surface area contributed by atoms with Crippen molar-refractivity contribution in [2.75, 3.05) is 20.2 Å². The van der Waals surface area contributed by atoms with Crippen LogP contribution in [0.3, 0.4) is 0 Å². The van der Waals surface area contributed by atoms with Crippen molar-refractivity contribution in [3.63, 3.8) is 0 Å². The normalized spacial score (nSPS) is 16.9. The Kier molecular flexibility index (Phi) is 4.62. The second kappa shape index (κ2) is 6.02. The summed E-state index contributed by atoms with van der Waals surface area (Å²) in [6.07, 6.45) is 3.05. The second-order valence-electron chi connectivity index (χ2n) is 4.91. The number of rotatable bonds is 3. The van der Waals surface area contributed by atoms with Crippen molar-refractivity contribution >= 4 is 15.9 Å². The number of hydrogen-bond acceptors (Lipinski definition) is 2. The molecule has 0 saturated carbocycles. The molecule has 0 aliphatic carbocycles. The summed E-state index contributed by atoms with van der Waals surface area (Å²) in [5.74, 6) is 0.693. The zero-order chi connectivity index (χ0) is 13.1. The van der Waals surface area contributed by atoms with Crippen LogP contribution in [0.5, 0.6) is 5.75 Å². The SMILES string of the molecule is COc1c(F)c(CC2CCNCC2)cc(C)c1Br. The molecule has 4 heteroatoms. The van der Waals surface area contributed by atoms with Gasteiger partial charge in [0.1, 0.15) is 0 Å². The highest BCUT2D eigenvalue weighted by atomic mass is 79.9. The predicted molar refractivity (Wildman–Crippen MR) is 74.7 cm³/mol. The number of nitrogens with one attached hydrogen (secondary N) is 1. The zero-order valence-electron chi connectivity index (χ0n) is 10.9. The molecule has 2 rings (SSSR count). The minimum absolute atomic E-state index is 0.214. The number of halogens is 2. The number of hydrogen-bond donors (Lipinski definition) is 1. The molecule has 1 aromatic rings. The maximum atomic E-state index is 14.3. The van der Waals surface area contributed by atoms with Gasteiger partial charge in [-0.1, -0.05) is 6.07 Å². The molecule has 0 atom stereocenters. The number of piperidine rings is 1. The molecule has 1 fully saturated rings. The first-order valence-electron chi connectivity index (χ1n) is 6.35. The molecule has 1 aliphatic rings. The highest BCUT2D eigenvalue weighted by Gasteiger charge is 2.20. The smallest absolute Gasteiger partial charge is 0.169 e. The highest BCUT2D eigenvalue weighted by Crippen LogP contribution is 2.35. The lowest BCUT2D eigenvalue weighted by atomic mass is 9.90. The van der Waals surface area contributed by atoms with Gasteiger partial charge in [-0.2, -0.15) is 0 Å². The average Bonchev–Trinajstić information content (AvgIpc) is 2.38. The standard InChI is InChI=1S/C14H19BrFNO/c1-9-7-11(8-10-3-5-17-6-4-10)13(16)14(18-2)12(9)15/h7,10,17H,3-6,8H2,1-2H3. The lowest BCUT2D eigenvalue weighted by molar-refractivity contribution is 0.357. The molecule has 1 aliphatic heterocycles. The Morgan fingerprint density at radius 3 is 2.72 bits per heavy atom. The van der Waals surface area contributed by atoms with Gasteiger partial charge in [-0.25, -0.2) is 4.39 Å². The average molecular weight is 316 g/mol. The Morgan fingerprint density at radius 2 is 2.11 bits per heavy atom. The van der Waals surface area contributed by atoms with Gasteiger partial charge in [-0.15, -0.1) is 0 Å². The molecule has 1 N–H and O–H groups in total. The first-order chi connectivity index (χ1) is 8.63. The summed E-state index contributed by atoms with van der Waals surface area (Å²) in [5.41, 5.74) is 1.80. The fourth-order valence-corrected chi connectivity index (χ4v) is 2.98. The molecule has 0 aromatic heterocycles. The molecule has 2 nitrogen and oxygen atoms in total. The maximum Gasteiger partial charge on any atom is 0.169 e. The molecule has 1 heterocycles. The highest BCUT2D eigenvalue weighted by molar-refractivity contribution is 9.10. The Bertz CT molecular complexity index is 430. The fraction of sp³-hybridized carbons (Fsp3) is 0.571. The third-order valence-corrected chi connectivity index (χ3v) is 4.57. The van der Waals surface area contributed by atoms with E-state index in [0.717, 1.165) is 48.0 Å². The number of aryl methyl sites for hydroxylation is 1. The van der Waals surface area contributed by atoms with E-state index in [1.54, 1.807) is 0 Å². The first kappa shape index (κ1) is 13.8. The largest absolute Gasteiger partial charge is 0.492 e. The summed E-state index contributed by atoms with van der Waals surface area (Å²) in [6, 6.07) is 1.93. The topological polar surface area (TPSA) is 21.3 Å². The third kappa shape index (κ3) is 2.86. The van der Waals surface area contributed by atoms with E-state index in [0.29, 0.717) is 11.7 Å². The summed E-state index contributed by atoms with van der Waals surface area (Å²) in [5, 5.41) is 3.33. The van der Waals surface area contributed by atoms with Gasteiger partial charge in [0.05, 0.1) is 11.6 Å². The molecule has 0 bridgehead atoms. The molecule has 0 unspecified atom stereocenters. The molecule has 18 heavy (non-hydrogen) atoms. The monoisotopic (exact) mass is 315 g/mol. The van der Waals surface area contributed by atoms with Crippen molar-refractivity contribution in [1.82, 2.24) is 5.32 Å². The van der Waals surface area contributed by atoms with Crippen LogP contribution in [0.15, 0.2) is 10.5 Å². The third-order valence-electron chi connectivity index (χ3n) is 3.59. The lowest BCUT2D eigenvalue weighted by Crippen LogP contribution is -2.28. The van der Waals surface area contributed by atoms with Gasteiger partial charge in [0, 0.05) is 0 Å². The van der Waals surface area contributed by atoms with Crippen molar-refractivity contribution in [3.05, 3.63) is 27.5 Å². The van der Waals surface area contributed by atoms with E-state index in [4.69, 9.17) is 4.74 Å². The van der Waals surface area contributed by atoms with E-state index >= 15 is 0 Å². The summed E-state index contributed by atoms with van der Waals surface area (Å²) in [7, 11) is 1.51. The van der Waals surface area contributed by atoms with Crippen LogP contribution in [0, 0.1) is 18.7 Å². The Hall–Kier alpha value is -0.610. The fourth-order valence-electron chi connectivity index (χ4n) is 2.53. The van der Waals surface area contributed by atoms with Gasteiger partial charge in [-0.05, 0) is 72.3 Å². The van der Waals surface area contributed by atoms with Crippen molar-refractivity contribution in [2.45, 2.75) is 26.2 Å². The van der Waals surface area contributed by atoms with Crippen molar-refractivity contribution < 1.29 is 9.13 Å². The molecule has 100 valence electrons. The first-order valence-corrected chi connectivity index (χ1v) is 7.15. The van der Waals surface area contributed by atoms with Gasteiger partial charge >= 0.3 is 0 Å². The van der Waals surface area contributed by atoms with Crippen molar-refractivity contribution in [3.8, 4) is 5.75 Å². The van der Waals surface area contributed by atoms with Crippen LogP contribution in [0.2, 0.25) is 0 Å². The predicted octanol–water partition coefficient (Wildman–Crippen LogP) is 3.45. The summed E-state index contributed by atoms with van der Waals surface area (Å²) in [4.78, 5) is 0. The molecular weight excluding hydrogens is 297 g/mol. The van der Waals surface area contributed by atoms with Crippen LogP contribution >= 0.6 is 15.9 Å². The zero-order valence-corrected chi connectivity index (χ0v) is 12.4. The molecule has 0 spiro atoms. The van der Waals surface area contributed by atoms with Gasteiger partial charge < -0.3 is 10.1 Å². The van der Waals surface area contributed by atoms with E-state index < -0.39 is 0 Å². The maximum absolute atomic E-state index is 14.3. The van der Waals surface area contributed by atoms with Crippen LogP contribution in [-0.2, 0) is 6.42 Å². The Morgan fingerprint density at radius 1 is 1.44 bits per heavy atom. The molecule has 1 aromatic carbocycles. The van der Waals surface area contributed by atoms with E-state index in [1.807, 2.05) is 13.0 Å². The van der Waals surface area contributed by atoms with Gasteiger partial charge in [0.25, 0.3) is 0 Å². The lowest BCUT2D eigenvalue weighted by Gasteiger charge is -2.23. The van der Waals surface area contributed by atoms with Crippen molar-refractivity contribution in [1.29, 1.82) is 0 Å². The number of ether oxygens (including phenoxy) is 1. The van der Waals surface area contributed by atoms with Crippen LogP contribution in [0.4, 0.5) is 4.39 Å². The van der Waals surface area contributed by atoms with Gasteiger partial charge in [-0.3, -0.25) is 0 Å². The minimum atomic E-state index is -0.214. The molecular formula is C14H19BrFNO. The van der Waals surface area contributed by atoms with E-state index in [1.165, 1.54) is 7.11 Å². The van der Waals surface area contributed by atoms with E-state index in [-0.39, 0.29) is 5.82 Å². The Balaban J connectivity index is 2.24. The van der Waals surface area contributed by atoms with Gasteiger partial charge in [0.15, 0.2) is 11.6 Å². The van der Waals surface area contributed by atoms with Crippen LogP contribution in [0.1, 0.15) is 24.0 Å². The molecule has 0 radical (unpaired) electrons. The minimum Gasteiger partial charge on any atom is -0.492 e. The summed E-state index contributed by atoms with van der Waals surface area (Å²) >= 11 is 3.38. The van der Waals surface area contributed by atoms with Crippen LogP contribution in [-0.4, -0.2) is 20.2 Å². The van der Waals surface area contributed by atoms with Crippen LogP contribution in [0.25, 0.3) is 0 Å². The Labute approximate surface area is 116 Å². The van der Waals surface area contributed by atoms with E-state index in [2.05, 4.69) is 21.2 Å².